The Morgan fingerprint density at radius 3 is 2.68 bits per heavy atom. The Morgan fingerprint density at radius 1 is 0.968 bits per heavy atom. The molecule has 0 bridgehead atoms. The van der Waals surface area contributed by atoms with E-state index < -0.39 is 5.54 Å². The predicted octanol–water partition coefficient (Wildman–Crippen LogP) is 3.99. The van der Waals surface area contributed by atoms with E-state index in [0.29, 0.717) is 24.7 Å². The van der Waals surface area contributed by atoms with Gasteiger partial charge in [-0.3, -0.25) is 4.98 Å². The van der Waals surface area contributed by atoms with Crippen LogP contribution < -0.4 is 10.5 Å². The van der Waals surface area contributed by atoms with Gasteiger partial charge in [0.05, 0.1) is 12.8 Å². The smallest absolute Gasteiger partial charge is 0.283 e. The fraction of sp³-hybridized carbons (Fsp3) is 0.208. The zero-order chi connectivity index (χ0) is 20.8. The van der Waals surface area contributed by atoms with Gasteiger partial charge >= 0.3 is 0 Å². The Bertz CT molecular complexity index is 1240. The normalized spacial score (nSPS) is 21.2. The molecule has 1 spiro atoms. The molecule has 2 aromatic heterocycles. The number of benzene rings is 1. The summed E-state index contributed by atoms with van der Waals surface area (Å²) in [5.74, 6) is 2.14. The first-order valence-electron chi connectivity index (χ1n) is 10.3. The summed E-state index contributed by atoms with van der Waals surface area (Å²) in [6.07, 6.45) is 9.39. The maximum absolute atomic E-state index is 6.23. The highest BCUT2D eigenvalue weighted by atomic mass is 16.5. The number of aliphatic imine (C=N–C) groups is 1. The van der Waals surface area contributed by atoms with Gasteiger partial charge < -0.3 is 19.9 Å². The maximum atomic E-state index is 6.23. The number of nitrogens with zero attached hydrogens (tertiary/aromatic N) is 3. The van der Waals surface area contributed by atoms with Crippen LogP contribution in [0.5, 0.6) is 11.5 Å². The molecule has 154 valence electrons. The van der Waals surface area contributed by atoms with Crippen molar-refractivity contribution in [2.75, 3.05) is 13.2 Å². The van der Waals surface area contributed by atoms with E-state index >= 15 is 0 Å². The molecule has 1 atom stereocenters. The van der Waals surface area contributed by atoms with Crippen LogP contribution in [0.2, 0.25) is 0 Å². The maximum Gasteiger partial charge on any atom is 0.283 e. The summed E-state index contributed by atoms with van der Waals surface area (Å²) in [5, 5.41) is 0. The Hall–Kier alpha value is -3.87. The van der Waals surface area contributed by atoms with Crippen LogP contribution in [0.25, 0.3) is 16.9 Å². The first kappa shape index (κ1) is 17.9. The topological polar surface area (TPSA) is 91.9 Å². The third kappa shape index (κ3) is 2.84. The van der Waals surface area contributed by atoms with Crippen LogP contribution in [0.1, 0.15) is 29.7 Å². The van der Waals surface area contributed by atoms with Gasteiger partial charge in [-0.15, -0.1) is 0 Å². The van der Waals surface area contributed by atoms with Crippen molar-refractivity contribution >= 4 is 11.8 Å². The van der Waals surface area contributed by atoms with E-state index in [9.17, 15) is 0 Å². The minimum Gasteiger partial charge on any atom is -0.492 e. The van der Waals surface area contributed by atoms with Crippen molar-refractivity contribution in [1.29, 1.82) is 0 Å². The second kappa shape index (κ2) is 6.84. The summed E-state index contributed by atoms with van der Waals surface area (Å²) in [7, 11) is 0. The van der Waals surface area contributed by atoms with Crippen LogP contribution in [0.3, 0.4) is 0 Å². The van der Waals surface area contributed by atoms with Crippen LogP contribution >= 0.6 is 0 Å². The first-order valence-corrected chi connectivity index (χ1v) is 10.3. The molecule has 0 unspecified atom stereocenters. The fourth-order valence-corrected chi connectivity index (χ4v) is 4.34. The zero-order valence-corrected chi connectivity index (χ0v) is 16.7. The summed E-state index contributed by atoms with van der Waals surface area (Å²) in [4.78, 5) is 13.6. The highest BCUT2D eigenvalue weighted by molar-refractivity contribution is 5.78. The van der Waals surface area contributed by atoms with E-state index in [1.165, 1.54) is 0 Å². The molecule has 5 heterocycles. The van der Waals surface area contributed by atoms with Gasteiger partial charge in [0.2, 0.25) is 0 Å². The van der Waals surface area contributed by atoms with Crippen LogP contribution in [0.4, 0.5) is 0 Å². The van der Waals surface area contributed by atoms with Gasteiger partial charge in [0.1, 0.15) is 23.8 Å². The molecule has 0 fully saturated rings. The molecule has 3 aliphatic rings. The molecule has 0 aliphatic carbocycles. The van der Waals surface area contributed by atoms with E-state index in [0.717, 1.165) is 46.5 Å². The van der Waals surface area contributed by atoms with Crippen molar-refractivity contribution in [3.8, 4) is 22.6 Å². The van der Waals surface area contributed by atoms with E-state index in [1.54, 1.807) is 12.4 Å². The number of hydrogen-bond donors (Lipinski definition) is 1. The summed E-state index contributed by atoms with van der Waals surface area (Å²) >= 11 is 0. The van der Waals surface area contributed by atoms with Crippen LogP contribution in [-0.2, 0) is 15.0 Å². The Morgan fingerprint density at radius 2 is 1.90 bits per heavy atom. The van der Waals surface area contributed by atoms with Gasteiger partial charge in [0.25, 0.3) is 6.02 Å². The SMILES string of the molecule is NC1=N[C@@]2(CO1)c1cc(-c3cccnc3)ccc1Oc1cnc(C3=CCCCO3)cc12. The van der Waals surface area contributed by atoms with Crippen molar-refractivity contribution in [2.45, 2.75) is 18.4 Å². The van der Waals surface area contributed by atoms with Gasteiger partial charge in [-0.1, -0.05) is 12.1 Å². The van der Waals surface area contributed by atoms with Crippen LogP contribution in [0, 0.1) is 0 Å². The van der Waals surface area contributed by atoms with E-state index in [-0.39, 0.29) is 6.02 Å². The predicted molar refractivity (Wildman–Crippen MR) is 116 cm³/mol. The third-order valence-corrected chi connectivity index (χ3v) is 5.87. The number of ether oxygens (including phenoxy) is 3. The standard InChI is InChI=1S/C24H20N4O3/c25-23-28-24(14-30-23)17-10-15(16-4-3-8-26-12-16)6-7-20(17)31-22-13-27-19(11-18(22)24)21-5-1-2-9-29-21/h3-8,10-13H,1-2,9,14H2,(H2,25,28)/t24-/m0/s1. The molecule has 2 N–H and O–H groups in total. The van der Waals surface area contributed by atoms with Crippen molar-refractivity contribution in [3.05, 3.63) is 77.9 Å². The van der Waals surface area contributed by atoms with Crippen molar-refractivity contribution < 1.29 is 14.2 Å². The third-order valence-electron chi connectivity index (χ3n) is 5.87. The fourth-order valence-electron chi connectivity index (χ4n) is 4.34. The molecule has 31 heavy (non-hydrogen) atoms. The molecule has 3 aromatic rings. The van der Waals surface area contributed by atoms with Gasteiger partial charge in [-0.25, -0.2) is 9.98 Å². The largest absolute Gasteiger partial charge is 0.492 e. The van der Waals surface area contributed by atoms with E-state index in [2.05, 4.69) is 22.1 Å². The lowest BCUT2D eigenvalue weighted by molar-refractivity contribution is 0.255. The molecular weight excluding hydrogens is 392 g/mol. The Balaban J connectivity index is 1.53. The number of amidine groups is 1. The van der Waals surface area contributed by atoms with Crippen molar-refractivity contribution in [3.63, 3.8) is 0 Å². The molecule has 1 aromatic carbocycles. The number of pyridine rings is 2. The molecule has 0 amide bonds. The van der Waals surface area contributed by atoms with Crippen LogP contribution in [-0.4, -0.2) is 29.2 Å². The lowest BCUT2D eigenvalue weighted by Gasteiger charge is -2.34. The molecule has 7 nitrogen and oxygen atoms in total. The van der Waals surface area contributed by atoms with E-state index in [1.807, 2.05) is 36.5 Å². The molecule has 0 radical (unpaired) electrons. The number of allylic oxidation sites excluding steroid dienone is 1. The summed E-state index contributed by atoms with van der Waals surface area (Å²) < 4.78 is 17.7. The number of nitrogens with two attached hydrogens (primary N) is 1. The van der Waals surface area contributed by atoms with Crippen molar-refractivity contribution in [1.82, 2.24) is 9.97 Å². The van der Waals surface area contributed by atoms with Crippen LogP contribution in [0.15, 0.2) is 66.1 Å². The van der Waals surface area contributed by atoms with Gasteiger partial charge in [-0.2, -0.15) is 0 Å². The monoisotopic (exact) mass is 412 g/mol. The van der Waals surface area contributed by atoms with Gasteiger partial charge in [0, 0.05) is 29.1 Å². The Labute approximate surface area is 179 Å². The average molecular weight is 412 g/mol. The molecule has 3 aliphatic heterocycles. The summed E-state index contributed by atoms with van der Waals surface area (Å²) in [6.45, 7) is 0.986. The highest BCUT2D eigenvalue weighted by Crippen LogP contribution is 2.51. The molecule has 0 saturated carbocycles. The van der Waals surface area contributed by atoms with E-state index in [4.69, 9.17) is 24.9 Å². The first-order chi connectivity index (χ1) is 15.2. The summed E-state index contributed by atoms with van der Waals surface area (Å²) in [5.41, 5.74) is 9.76. The number of aromatic nitrogens is 2. The Kier molecular flexibility index (Phi) is 3.96. The highest BCUT2D eigenvalue weighted by Gasteiger charge is 2.47. The zero-order valence-electron chi connectivity index (χ0n) is 16.7. The minimum atomic E-state index is -0.807. The molecular formula is C24H20N4O3. The quantitative estimate of drug-likeness (QED) is 0.684. The minimum absolute atomic E-state index is 0.164. The second-order valence-corrected chi connectivity index (χ2v) is 7.78. The molecule has 7 heteroatoms. The lowest BCUT2D eigenvalue weighted by atomic mass is 9.80. The summed E-state index contributed by atoms with van der Waals surface area (Å²) in [6, 6.07) is 12.1. The average Bonchev–Trinajstić information content (AvgIpc) is 3.22. The lowest BCUT2D eigenvalue weighted by Crippen LogP contribution is -2.31. The molecule has 6 rings (SSSR count). The second-order valence-electron chi connectivity index (χ2n) is 7.78. The van der Waals surface area contributed by atoms with Gasteiger partial charge in [0.15, 0.2) is 11.3 Å². The number of rotatable bonds is 2. The van der Waals surface area contributed by atoms with Crippen molar-refractivity contribution in [2.24, 2.45) is 10.7 Å². The van der Waals surface area contributed by atoms with Gasteiger partial charge in [-0.05, 0) is 48.7 Å². The number of hydrogen-bond acceptors (Lipinski definition) is 7. The number of fused-ring (bicyclic) bond motifs is 4. The molecule has 0 saturated heterocycles.